The fraction of sp³-hybridized carbons (Fsp3) is 0.150. The van der Waals surface area contributed by atoms with Gasteiger partial charge in [0.2, 0.25) is 0 Å². The van der Waals surface area contributed by atoms with Crippen molar-refractivity contribution in [2.75, 3.05) is 14.2 Å². The average molecular weight is 425 g/mol. The molecule has 0 saturated heterocycles. The van der Waals surface area contributed by atoms with E-state index in [0.717, 1.165) is 16.5 Å². The van der Waals surface area contributed by atoms with Gasteiger partial charge in [0.15, 0.2) is 11.5 Å². The van der Waals surface area contributed by atoms with Crippen molar-refractivity contribution in [1.29, 1.82) is 0 Å². The number of hydrogen-bond acceptors (Lipinski definition) is 8. The summed E-state index contributed by atoms with van der Waals surface area (Å²) in [5, 5.41) is 13.4. The number of ether oxygens (including phenoxy) is 2. The summed E-state index contributed by atoms with van der Waals surface area (Å²) in [6, 6.07) is 9.07. The molecule has 4 rings (SSSR count). The first-order valence-electron chi connectivity index (χ1n) is 8.75. The summed E-state index contributed by atoms with van der Waals surface area (Å²) in [6.45, 7) is -0.0388. The van der Waals surface area contributed by atoms with E-state index >= 15 is 0 Å². The Morgan fingerprint density at radius 3 is 2.53 bits per heavy atom. The quantitative estimate of drug-likeness (QED) is 0.337. The minimum Gasteiger partial charge on any atom is -0.493 e. The van der Waals surface area contributed by atoms with E-state index in [9.17, 15) is 19.7 Å². The number of para-hydroxylation sites is 1. The molecule has 30 heavy (non-hydrogen) atoms. The number of carbonyl (C=O) groups is 2. The Morgan fingerprint density at radius 1 is 1.07 bits per heavy atom. The Kier molecular flexibility index (Phi) is 4.92. The molecule has 2 aromatic carbocycles. The lowest BCUT2D eigenvalue weighted by molar-refractivity contribution is -0.384. The largest absolute Gasteiger partial charge is 0.493 e. The van der Waals surface area contributed by atoms with Crippen LogP contribution in [0.25, 0.3) is 10.6 Å². The van der Waals surface area contributed by atoms with Crippen molar-refractivity contribution in [3.05, 3.63) is 68.7 Å². The highest BCUT2D eigenvalue weighted by Gasteiger charge is 2.37. The molecule has 0 saturated carbocycles. The average Bonchev–Trinajstić information content (AvgIpc) is 3.32. The highest BCUT2D eigenvalue weighted by molar-refractivity contribution is 7.13. The number of rotatable bonds is 6. The summed E-state index contributed by atoms with van der Waals surface area (Å²) in [7, 11) is 3.08. The summed E-state index contributed by atoms with van der Waals surface area (Å²) in [5.74, 6) is 0.0215. The van der Waals surface area contributed by atoms with Crippen molar-refractivity contribution >= 4 is 28.8 Å². The van der Waals surface area contributed by atoms with Crippen LogP contribution in [-0.2, 0) is 6.54 Å². The first-order chi connectivity index (χ1) is 14.4. The van der Waals surface area contributed by atoms with Crippen LogP contribution < -0.4 is 9.47 Å². The number of nitro benzene ring substituents is 1. The number of carbonyl (C=O) groups excluding carboxylic acids is 2. The van der Waals surface area contributed by atoms with Crippen LogP contribution in [0.2, 0.25) is 0 Å². The highest BCUT2D eigenvalue weighted by atomic mass is 32.1. The minimum atomic E-state index is -0.602. The molecule has 1 aromatic heterocycles. The summed E-state index contributed by atoms with van der Waals surface area (Å²) in [6.07, 6.45) is 0. The van der Waals surface area contributed by atoms with Crippen LogP contribution in [0.3, 0.4) is 0 Å². The summed E-state index contributed by atoms with van der Waals surface area (Å²) < 4.78 is 10.7. The van der Waals surface area contributed by atoms with Gasteiger partial charge in [-0.25, -0.2) is 4.98 Å². The number of hydrogen-bond donors (Lipinski definition) is 0. The Balaban J connectivity index is 1.61. The second kappa shape index (κ2) is 7.56. The summed E-state index contributed by atoms with van der Waals surface area (Å²) >= 11 is 1.34. The fourth-order valence-corrected chi connectivity index (χ4v) is 4.09. The molecule has 0 aliphatic carbocycles. The van der Waals surface area contributed by atoms with Crippen LogP contribution in [0, 0.1) is 10.1 Å². The molecule has 2 amide bonds. The van der Waals surface area contributed by atoms with Crippen LogP contribution in [0.1, 0.15) is 26.4 Å². The molecule has 9 nitrogen and oxygen atoms in total. The van der Waals surface area contributed by atoms with Crippen molar-refractivity contribution in [2.24, 2.45) is 0 Å². The second-order valence-corrected chi connectivity index (χ2v) is 7.23. The van der Waals surface area contributed by atoms with Gasteiger partial charge < -0.3 is 9.47 Å². The lowest BCUT2D eigenvalue weighted by Gasteiger charge is -2.12. The van der Waals surface area contributed by atoms with Crippen molar-refractivity contribution < 1.29 is 24.0 Å². The van der Waals surface area contributed by atoms with Crippen LogP contribution in [0.4, 0.5) is 5.69 Å². The molecule has 1 aliphatic heterocycles. The van der Waals surface area contributed by atoms with Crippen molar-refractivity contribution in [1.82, 2.24) is 9.88 Å². The molecule has 0 N–H and O–H groups in total. The van der Waals surface area contributed by atoms with E-state index in [0.29, 0.717) is 22.2 Å². The SMILES string of the molecule is COc1cccc(-c2nc(CN3C(=O)c4ccc([N+](=O)[O-])cc4C3=O)cs2)c1OC. The topological polar surface area (TPSA) is 112 Å². The van der Waals surface area contributed by atoms with E-state index in [-0.39, 0.29) is 23.4 Å². The maximum absolute atomic E-state index is 12.7. The van der Waals surface area contributed by atoms with Crippen LogP contribution in [0.5, 0.6) is 11.5 Å². The zero-order chi connectivity index (χ0) is 21.4. The van der Waals surface area contributed by atoms with Gasteiger partial charge in [-0.15, -0.1) is 11.3 Å². The minimum absolute atomic E-state index is 0.0270. The summed E-state index contributed by atoms with van der Waals surface area (Å²) in [5.41, 5.74) is 1.18. The van der Waals surface area contributed by atoms with Crippen molar-refractivity contribution in [3.63, 3.8) is 0 Å². The molecule has 0 bridgehead atoms. The van der Waals surface area contributed by atoms with Crippen molar-refractivity contribution in [3.8, 4) is 22.1 Å². The van der Waals surface area contributed by atoms with Gasteiger partial charge in [-0.3, -0.25) is 24.6 Å². The molecule has 0 unspecified atom stereocenters. The number of benzene rings is 2. The van der Waals surface area contributed by atoms with E-state index in [1.165, 1.54) is 30.6 Å². The van der Waals surface area contributed by atoms with Gasteiger partial charge in [-0.2, -0.15) is 0 Å². The predicted octanol–water partition coefficient (Wildman–Crippen LogP) is 3.53. The number of non-ortho nitro benzene ring substituents is 1. The zero-order valence-corrected chi connectivity index (χ0v) is 16.8. The van der Waals surface area contributed by atoms with Gasteiger partial charge in [0.05, 0.1) is 48.1 Å². The molecule has 0 radical (unpaired) electrons. The molecule has 152 valence electrons. The third-order valence-electron chi connectivity index (χ3n) is 4.67. The molecular formula is C20H15N3O6S. The number of amides is 2. The van der Waals surface area contributed by atoms with Crippen molar-refractivity contribution in [2.45, 2.75) is 6.54 Å². The molecule has 10 heteroatoms. The lowest BCUT2D eigenvalue weighted by Crippen LogP contribution is -2.29. The number of aromatic nitrogens is 1. The predicted molar refractivity (Wildman–Crippen MR) is 108 cm³/mol. The van der Waals surface area contributed by atoms with Gasteiger partial charge in [-0.1, -0.05) is 6.07 Å². The molecule has 3 aromatic rings. The molecule has 0 spiro atoms. The number of imide groups is 1. The fourth-order valence-electron chi connectivity index (χ4n) is 3.26. The van der Waals surface area contributed by atoms with Gasteiger partial charge >= 0.3 is 0 Å². The van der Waals surface area contributed by atoms with Crippen LogP contribution >= 0.6 is 11.3 Å². The second-order valence-electron chi connectivity index (χ2n) is 6.37. The lowest BCUT2D eigenvalue weighted by atomic mass is 10.1. The first kappa shape index (κ1) is 19.5. The number of nitro groups is 1. The van der Waals surface area contributed by atoms with Crippen LogP contribution in [0.15, 0.2) is 41.8 Å². The van der Waals surface area contributed by atoms with E-state index in [4.69, 9.17) is 9.47 Å². The first-order valence-corrected chi connectivity index (χ1v) is 9.63. The molecule has 0 fully saturated rings. The van der Waals surface area contributed by atoms with E-state index < -0.39 is 16.7 Å². The smallest absolute Gasteiger partial charge is 0.270 e. The molecule has 0 atom stereocenters. The molecule has 2 heterocycles. The van der Waals surface area contributed by atoms with Gasteiger partial charge in [0.25, 0.3) is 17.5 Å². The number of thiazole rings is 1. The standard InChI is InChI=1S/C20H15N3O6S/c1-28-16-5-3-4-14(17(16)29-2)18-21-11(10-30-18)9-22-19(24)13-7-6-12(23(26)27)8-15(13)20(22)25/h3-8,10H,9H2,1-2H3. The Hall–Kier alpha value is -3.79. The van der Waals surface area contributed by atoms with E-state index in [1.54, 1.807) is 18.6 Å². The zero-order valence-electron chi connectivity index (χ0n) is 15.9. The monoisotopic (exact) mass is 425 g/mol. The van der Waals surface area contributed by atoms with Gasteiger partial charge in [0.1, 0.15) is 5.01 Å². The maximum atomic E-state index is 12.7. The summed E-state index contributed by atoms with van der Waals surface area (Å²) in [4.78, 5) is 41.2. The van der Waals surface area contributed by atoms with Gasteiger partial charge in [0, 0.05) is 17.5 Å². The maximum Gasteiger partial charge on any atom is 0.270 e. The Bertz CT molecular complexity index is 1190. The number of nitrogens with zero attached hydrogens (tertiary/aromatic N) is 3. The van der Waals surface area contributed by atoms with E-state index in [2.05, 4.69) is 4.98 Å². The molecule has 1 aliphatic rings. The molecular weight excluding hydrogens is 410 g/mol. The third-order valence-corrected chi connectivity index (χ3v) is 5.59. The van der Waals surface area contributed by atoms with Gasteiger partial charge in [-0.05, 0) is 18.2 Å². The number of fused-ring (bicyclic) bond motifs is 1. The highest BCUT2D eigenvalue weighted by Crippen LogP contribution is 2.39. The normalized spacial score (nSPS) is 12.8. The Morgan fingerprint density at radius 2 is 1.83 bits per heavy atom. The van der Waals surface area contributed by atoms with Crippen LogP contribution in [-0.4, -0.2) is 40.8 Å². The van der Waals surface area contributed by atoms with E-state index in [1.807, 2.05) is 12.1 Å². The number of methoxy groups -OCH3 is 2. The third kappa shape index (κ3) is 3.16. The Labute approximate surface area is 174 Å².